The van der Waals surface area contributed by atoms with E-state index in [1.807, 2.05) is 12.1 Å². The quantitative estimate of drug-likeness (QED) is 0.890. The van der Waals surface area contributed by atoms with Crippen LogP contribution in [0.3, 0.4) is 0 Å². The second kappa shape index (κ2) is 4.89. The van der Waals surface area contributed by atoms with Crippen molar-refractivity contribution < 1.29 is 14.6 Å². The van der Waals surface area contributed by atoms with E-state index in [1.54, 1.807) is 0 Å². The van der Waals surface area contributed by atoms with Crippen LogP contribution < -0.4 is 0 Å². The van der Waals surface area contributed by atoms with E-state index >= 15 is 0 Å². The maximum absolute atomic E-state index is 10.9. The molecule has 1 saturated heterocycles. The maximum atomic E-state index is 10.9. The van der Waals surface area contributed by atoms with Gasteiger partial charge in [-0.15, -0.1) is 0 Å². The molecule has 1 aliphatic carbocycles. The topological polar surface area (TPSA) is 38.7 Å². The van der Waals surface area contributed by atoms with Crippen molar-refractivity contribution in [3.63, 3.8) is 0 Å². The molecule has 1 aliphatic heterocycles. The standard InChI is InChI=1S/C16H22O3/c1-2-13-4-3-5-14(12-13)15(17)6-8-16(9-7-15)18-10-11-19-16/h3-5,12,17H,2,6-11H2,1H3. The molecule has 1 saturated carbocycles. The number of benzene rings is 1. The second-order valence-electron chi connectivity index (χ2n) is 5.69. The first-order valence-corrected chi connectivity index (χ1v) is 7.26. The van der Waals surface area contributed by atoms with Gasteiger partial charge in [0.25, 0.3) is 0 Å². The number of hydrogen-bond acceptors (Lipinski definition) is 3. The van der Waals surface area contributed by atoms with Gasteiger partial charge in [0.05, 0.1) is 18.8 Å². The molecule has 0 atom stereocenters. The van der Waals surface area contributed by atoms with Crippen LogP contribution in [0.4, 0.5) is 0 Å². The van der Waals surface area contributed by atoms with Crippen LogP contribution in [0.2, 0.25) is 0 Å². The molecule has 1 aromatic carbocycles. The molecular weight excluding hydrogens is 240 g/mol. The molecule has 3 rings (SSSR count). The van der Waals surface area contributed by atoms with Crippen LogP contribution in [0, 0.1) is 0 Å². The predicted octanol–water partition coefficient (Wildman–Crippen LogP) is 2.75. The Morgan fingerprint density at radius 1 is 1.11 bits per heavy atom. The fourth-order valence-electron chi connectivity index (χ4n) is 3.20. The smallest absolute Gasteiger partial charge is 0.168 e. The van der Waals surface area contributed by atoms with Crippen LogP contribution >= 0.6 is 0 Å². The number of aliphatic hydroxyl groups is 1. The molecule has 0 aromatic heterocycles. The lowest BCUT2D eigenvalue weighted by molar-refractivity contribution is -0.204. The summed E-state index contributed by atoms with van der Waals surface area (Å²) in [7, 11) is 0. The second-order valence-corrected chi connectivity index (χ2v) is 5.69. The summed E-state index contributed by atoms with van der Waals surface area (Å²) < 4.78 is 11.4. The summed E-state index contributed by atoms with van der Waals surface area (Å²) in [4.78, 5) is 0. The molecule has 0 amide bonds. The summed E-state index contributed by atoms with van der Waals surface area (Å²) in [6.07, 6.45) is 3.97. The molecule has 104 valence electrons. The van der Waals surface area contributed by atoms with E-state index in [4.69, 9.17) is 9.47 Å². The lowest BCUT2D eigenvalue weighted by Crippen LogP contribution is -2.42. The van der Waals surface area contributed by atoms with Gasteiger partial charge >= 0.3 is 0 Å². The third kappa shape index (κ3) is 2.42. The van der Waals surface area contributed by atoms with E-state index in [0.717, 1.165) is 24.8 Å². The Morgan fingerprint density at radius 3 is 2.42 bits per heavy atom. The van der Waals surface area contributed by atoms with Gasteiger partial charge in [-0.1, -0.05) is 31.2 Å². The Kier molecular flexibility index (Phi) is 3.37. The summed E-state index contributed by atoms with van der Waals surface area (Å²) in [6.45, 7) is 3.51. The van der Waals surface area contributed by atoms with Crippen molar-refractivity contribution in [2.75, 3.05) is 13.2 Å². The molecule has 2 aliphatic rings. The highest BCUT2D eigenvalue weighted by Gasteiger charge is 2.46. The first kappa shape index (κ1) is 13.1. The van der Waals surface area contributed by atoms with Gasteiger partial charge in [0.1, 0.15) is 0 Å². The van der Waals surface area contributed by atoms with Crippen molar-refractivity contribution in [2.24, 2.45) is 0 Å². The van der Waals surface area contributed by atoms with Crippen molar-refractivity contribution in [3.05, 3.63) is 35.4 Å². The minimum Gasteiger partial charge on any atom is -0.385 e. The molecule has 3 heteroatoms. The van der Waals surface area contributed by atoms with E-state index in [1.165, 1.54) is 5.56 Å². The van der Waals surface area contributed by atoms with Crippen molar-refractivity contribution in [1.29, 1.82) is 0 Å². The maximum Gasteiger partial charge on any atom is 0.168 e. The molecule has 1 N–H and O–H groups in total. The van der Waals surface area contributed by atoms with E-state index in [-0.39, 0.29) is 0 Å². The molecule has 0 radical (unpaired) electrons. The summed E-state index contributed by atoms with van der Waals surface area (Å²) in [5, 5.41) is 10.9. The molecule has 19 heavy (non-hydrogen) atoms. The van der Waals surface area contributed by atoms with Gasteiger partial charge in [0.15, 0.2) is 5.79 Å². The van der Waals surface area contributed by atoms with Crippen LogP contribution in [0.1, 0.15) is 43.7 Å². The minimum absolute atomic E-state index is 0.408. The van der Waals surface area contributed by atoms with Gasteiger partial charge in [-0.3, -0.25) is 0 Å². The summed E-state index contributed by atoms with van der Waals surface area (Å²) >= 11 is 0. The minimum atomic E-state index is -0.717. The van der Waals surface area contributed by atoms with Gasteiger partial charge in [-0.25, -0.2) is 0 Å². The van der Waals surface area contributed by atoms with E-state index < -0.39 is 11.4 Å². The number of aryl methyl sites for hydroxylation is 1. The Morgan fingerprint density at radius 2 is 1.79 bits per heavy atom. The molecular formula is C16H22O3. The summed E-state index contributed by atoms with van der Waals surface area (Å²) in [5.41, 5.74) is 1.60. The number of hydrogen-bond donors (Lipinski definition) is 1. The van der Waals surface area contributed by atoms with Crippen LogP contribution in [0.5, 0.6) is 0 Å². The highest BCUT2D eigenvalue weighted by molar-refractivity contribution is 5.29. The van der Waals surface area contributed by atoms with Crippen molar-refractivity contribution in [3.8, 4) is 0 Å². The normalized spacial score (nSPS) is 24.7. The van der Waals surface area contributed by atoms with Crippen LogP contribution in [-0.4, -0.2) is 24.1 Å². The molecule has 1 heterocycles. The SMILES string of the molecule is CCc1cccc(C2(O)CCC3(CC2)OCCO3)c1. The fraction of sp³-hybridized carbons (Fsp3) is 0.625. The average molecular weight is 262 g/mol. The molecule has 3 nitrogen and oxygen atoms in total. The molecule has 2 fully saturated rings. The third-order valence-electron chi connectivity index (χ3n) is 4.53. The average Bonchev–Trinajstić information content (AvgIpc) is 2.92. The highest BCUT2D eigenvalue weighted by atomic mass is 16.7. The predicted molar refractivity (Wildman–Crippen MR) is 72.8 cm³/mol. The fourth-order valence-corrected chi connectivity index (χ4v) is 3.20. The zero-order valence-electron chi connectivity index (χ0n) is 11.5. The first-order valence-electron chi connectivity index (χ1n) is 7.26. The monoisotopic (exact) mass is 262 g/mol. The molecule has 1 spiro atoms. The van der Waals surface area contributed by atoms with Gasteiger partial charge in [0, 0.05) is 12.8 Å². The van der Waals surface area contributed by atoms with Crippen LogP contribution in [-0.2, 0) is 21.5 Å². The third-order valence-corrected chi connectivity index (χ3v) is 4.53. The van der Waals surface area contributed by atoms with Crippen LogP contribution in [0.15, 0.2) is 24.3 Å². The molecule has 1 aromatic rings. The van der Waals surface area contributed by atoms with Gasteiger partial charge in [-0.2, -0.15) is 0 Å². The largest absolute Gasteiger partial charge is 0.385 e. The van der Waals surface area contributed by atoms with E-state index in [9.17, 15) is 5.11 Å². The zero-order chi connectivity index (χ0) is 13.3. The van der Waals surface area contributed by atoms with Crippen LogP contribution in [0.25, 0.3) is 0 Å². The summed E-state index contributed by atoms with van der Waals surface area (Å²) in [5.74, 6) is -0.408. The zero-order valence-corrected chi connectivity index (χ0v) is 11.5. The Balaban J connectivity index is 1.77. The lowest BCUT2D eigenvalue weighted by Gasteiger charge is -2.40. The van der Waals surface area contributed by atoms with Gasteiger partial charge in [0.2, 0.25) is 0 Å². The Labute approximate surface area is 114 Å². The lowest BCUT2D eigenvalue weighted by atomic mass is 9.76. The van der Waals surface area contributed by atoms with Crippen molar-refractivity contribution >= 4 is 0 Å². The van der Waals surface area contributed by atoms with E-state index in [2.05, 4.69) is 19.1 Å². The van der Waals surface area contributed by atoms with Crippen molar-refractivity contribution in [1.82, 2.24) is 0 Å². The first-order chi connectivity index (χ1) is 9.16. The summed E-state index contributed by atoms with van der Waals surface area (Å²) in [6, 6.07) is 8.32. The van der Waals surface area contributed by atoms with Gasteiger partial charge < -0.3 is 14.6 Å². The Bertz CT molecular complexity index is 439. The van der Waals surface area contributed by atoms with E-state index in [0.29, 0.717) is 26.1 Å². The van der Waals surface area contributed by atoms with Gasteiger partial charge in [-0.05, 0) is 30.4 Å². The molecule has 0 unspecified atom stereocenters. The van der Waals surface area contributed by atoms with Crippen molar-refractivity contribution in [2.45, 2.75) is 50.4 Å². The highest BCUT2D eigenvalue weighted by Crippen LogP contribution is 2.44. The number of rotatable bonds is 2. The number of ether oxygens (including phenoxy) is 2. The Hall–Kier alpha value is -0.900. The molecule has 0 bridgehead atoms.